The van der Waals surface area contributed by atoms with Crippen LogP contribution in [0.1, 0.15) is 11.5 Å². The van der Waals surface area contributed by atoms with Crippen molar-refractivity contribution in [1.82, 2.24) is 0 Å². The Balaban J connectivity index is 2.64. The Labute approximate surface area is 95.4 Å². The molecule has 0 spiro atoms. The van der Waals surface area contributed by atoms with Crippen molar-refractivity contribution in [2.75, 3.05) is 0 Å². The molecule has 0 aromatic carbocycles. The number of nitriles is 1. The topological polar surface area (TPSA) is 74.0 Å². The first-order chi connectivity index (χ1) is 7.36. The van der Waals surface area contributed by atoms with Gasteiger partial charge in [-0.3, -0.25) is 0 Å². The first kappa shape index (κ1) is 11.3. The number of thiocarbonyl (C=S) groups is 1. The minimum absolute atomic E-state index is 0.521. The van der Waals surface area contributed by atoms with Gasteiger partial charge in [-0.25, -0.2) is 4.40 Å². The van der Waals surface area contributed by atoms with E-state index in [4.69, 9.17) is 9.68 Å². The number of furan rings is 1. The maximum atomic E-state index is 8.21. The van der Waals surface area contributed by atoms with Gasteiger partial charge in [0.25, 0.3) is 0 Å². The maximum absolute atomic E-state index is 8.21. The molecule has 0 unspecified atom stereocenters. The predicted octanol–water partition coefficient (Wildman–Crippen LogP) is 2.26. The molecule has 7 heteroatoms. The molecule has 0 bridgehead atoms. The van der Waals surface area contributed by atoms with Crippen LogP contribution in [0, 0.1) is 10.7 Å². The van der Waals surface area contributed by atoms with Gasteiger partial charge in [0.2, 0.25) is 0 Å². The maximum Gasteiger partial charge on any atom is 0.157 e. The molecule has 1 rings (SSSR count). The van der Waals surface area contributed by atoms with Crippen molar-refractivity contribution in [1.29, 1.82) is 5.26 Å². The van der Waals surface area contributed by atoms with Crippen molar-refractivity contribution in [3.8, 4) is 5.40 Å². The molecule has 0 atom stereocenters. The quantitative estimate of drug-likeness (QED) is 0.264. The predicted molar refractivity (Wildman–Crippen MR) is 62.1 cm³/mol. The average molecular weight is 236 g/mol. The Morgan fingerprint density at radius 1 is 1.40 bits per heavy atom. The summed E-state index contributed by atoms with van der Waals surface area (Å²) in [6, 6.07) is 3.39. The molecule has 5 nitrogen and oxygen atoms in total. The molecule has 0 saturated carbocycles. The van der Waals surface area contributed by atoms with Gasteiger partial charge in [-0.05, 0) is 24.4 Å². The standard InChI is InChI=1S/C8H4N4OS2/c9-5-15-12-4-8-2-1-7(13-8)3-10-11-6-14/h1-4H/b10-3+,12-4+. The third-order valence-corrected chi connectivity index (χ3v) is 1.58. The third-order valence-electron chi connectivity index (χ3n) is 1.20. The number of hydrogen-bond acceptors (Lipinski definition) is 7. The van der Waals surface area contributed by atoms with Gasteiger partial charge in [-0.15, -0.1) is 5.10 Å². The highest BCUT2D eigenvalue weighted by Gasteiger charge is 1.95. The molecule has 74 valence electrons. The van der Waals surface area contributed by atoms with E-state index in [-0.39, 0.29) is 0 Å². The van der Waals surface area contributed by atoms with Gasteiger partial charge in [0.05, 0.1) is 29.5 Å². The lowest BCUT2D eigenvalue weighted by molar-refractivity contribution is 0.553. The molecule has 0 aliphatic rings. The zero-order valence-corrected chi connectivity index (χ0v) is 8.96. The van der Waals surface area contributed by atoms with Gasteiger partial charge < -0.3 is 4.42 Å². The highest BCUT2D eigenvalue weighted by molar-refractivity contribution is 8.02. The van der Waals surface area contributed by atoms with E-state index in [1.165, 1.54) is 12.4 Å². The lowest BCUT2D eigenvalue weighted by Crippen LogP contribution is -1.74. The zero-order valence-electron chi connectivity index (χ0n) is 7.32. The van der Waals surface area contributed by atoms with Crippen LogP contribution in [0.25, 0.3) is 0 Å². The highest BCUT2D eigenvalue weighted by atomic mass is 32.2. The first-order valence-electron chi connectivity index (χ1n) is 3.65. The second kappa shape index (κ2) is 6.68. The zero-order chi connectivity index (χ0) is 10.9. The van der Waals surface area contributed by atoms with E-state index in [9.17, 15) is 0 Å². The summed E-state index contributed by atoms with van der Waals surface area (Å²) >= 11 is 5.10. The summed E-state index contributed by atoms with van der Waals surface area (Å²) < 4.78 is 8.94. The van der Waals surface area contributed by atoms with Gasteiger partial charge >= 0.3 is 0 Å². The van der Waals surface area contributed by atoms with Crippen LogP contribution in [-0.2, 0) is 0 Å². The van der Waals surface area contributed by atoms with Crippen LogP contribution < -0.4 is 0 Å². The fraction of sp³-hybridized carbons (Fsp3) is 0. The number of hydrogen-bond donors (Lipinski definition) is 0. The lowest BCUT2D eigenvalue weighted by Gasteiger charge is -1.82. The van der Waals surface area contributed by atoms with Crippen molar-refractivity contribution < 1.29 is 4.42 Å². The van der Waals surface area contributed by atoms with Crippen LogP contribution in [0.15, 0.2) is 31.2 Å². The van der Waals surface area contributed by atoms with E-state index in [0.717, 1.165) is 11.9 Å². The first-order valence-corrected chi connectivity index (χ1v) is 4.83. The summed E-state index contributed by atoms with van der Waals surface area (Å²) in [7, 11) is 0. The number of thiocyanates is 1. The Bertz CT molecular complexity index is 465. The lowest BCUT2D eigenvalue weighted by atomic mass is 10.4. The second-order valence-corrected chi connectivity index (χ2v) is 2.85. The van der Waals surface area contributed by atoms with Crippen molar-refractivity contribution in [3.05, 3.63) is 23.7 Å². The normalized spacial score (nSPS) is 10.3. The molecule has 0 fully saturated rings. The van der Waals surface area contributed by atoms with Crippen LogP contribution >= 0.6 is 24.2 Å². The van der Waals surface area contributed by atoms with E-state index < -0.39 is 0 Å². The Hall–Kier alpha value is -1.74. The minimum atomic E-state index is 0.521. The van der Waals surface area contributed by atoms with Crippen LogP contribution in [0.4, 0.5) is 0 Å². The minimum Gasteiger partial charge on any atom is -0.454 e. The molecular formula is C8H4N4OS2. The number of nitrogens with zero attached hydrogens (tertiary/aromatic N) is 4. The van der Waals surface area contributed by atoms with Gasteiger partial charge in [-0.1, -0.05) is 5.10 Å². The highest BCUT2D eigenvalue weighted by Crippen LogP contribution is 2.05. The smallest absolute Gasteiger partial charge is 0.157 e. The van der Waals surface area contributed by atoms with Gasteiger partial charge in [0, 0.05) is 0 Å². The average Bonchev–Trinajstić information content (AvgIpc) is 2.67. The molecule has 0 aliphatic heterocycles. The molecule has 1 aromatic rings. The molecule has 1 heterocycles. The Kier molecular flexibility index (Phi) is 5.04. The summed E-state index contributed by atoms with van der Waals surface area (Å²) in [5.41, 5.74) is 0. The van der Waals surface area contributed by atoms with E-state index in [1.54, 1.807) is 17.5 Å². The van der Waals surface area contributed by atoms with Crippen LogP contribution in [0.3, 0.4) is 0 Å². The van der Waals surface area contributed by atoms with Gasteiger partial charge in [0.15, 0.2) is 5.40 Å². The molecule has 0 radical (unpaired) electrons. The second-order valence-electron chi connectivity index (χ2n) is 2.09. The summed E-state index contributed by atoms with van der Waals surface area (Å²) in [6.07, 6.45) is 2.84. The summed E-state index contributed by atoms with van der Waals surface area (Å²) in [5, 5.41) is 19.0. The number of isothiocyanates is 1. The number of rotatable bonds is 4. The van der Waals surface area contributed by atoms with E-state index >= 15 is 0 Å². The largest absolute Gasteiger partial charge is 0.454 e. The fourth-order valence-corrected chi connectivity index (χ4v) is 0.969. The van der Waals surface area contributed by atoms with Gasteiger partial charge in [-0.2, -0.15) is 5.26 Å². The van der Waals surface area contributed by atoms with E-state index in [0.29, 0.717) is 11.5 Å². The van der Waals surface area contributed by atoms with Crippen molar-refractivity contribution >= 4 is 41.8 Å². The summed E-state index contributed by atoms with van der Waals surface area (Å²) in [4.78, 5) is 0. The van der Waals surface area contributed by atoms with Crippen LogP contribution in [0.2, 0.25) is 0 Å². The third kappa shape index (κ3) is 4.33. The molecule has 0 amide bonds. The molecule has 15 heavy (non-hydrogen) atoms. The Morgan fingerprint density at radius 3 is 2.80 bits per heavy atom. The fourth-order valence-electron chi connectivity index (χ4n) is 0.718. The molecule has 0 N–H and O–H groups in total. The molecule has 0 aliphatic carbocycles. The van der Waals surface area contributed by atoms with Gasteiger partial charge in [0.1, 0.15) is 11.5 Å². The van der Waals surface area contributed by atoms with Crippen LogP contribution in [-0.4, -0.2) is 17.6 Å². The molecular weight excluding hydrogens is 232 g/mol. The Morgan fingerprint density at radius 2 is 2.13 bits per heavy atom. The molecule has 1 aromatic heterocycles. The molecule has 0 saturated heterocycles. The van der Waals surface area contributed by atoms with E-state index in [1.807, 2.05) is 0 Å². The van der Waals surface area contributed by atoms with Crippen molar-refractivity contribution in [2.45, 2.75) is 0 Å². The van der Waals surface area contributed by atoms with Crippen molar-refractivity contribution in [2.24, 2.45) is 14.6 Å². The van der Waals surface area contributed by atoms with Crippen molar-refractivity contribution in [3.63, 3.8) is 0 Å². The van der Waals surface area contributed by atoms with Crippen LogP contribution in [0.5, 0.6) is 0 Å². The summed E-state index contributed by atoms with van der Waals surface area (Å²) in [5.74, 6) is 1.05. The summed E-state index contributed by atoms with van der Waals surface area (Å²) in [6.45, 7) is 0. The SMILES string of the molecule is N#CS/N=C/c1ccc(/C=N/N=C=S)o1. The monoisotopic (exact) mass is 236 g/mol. The van der Waals surface area contributed by atoms with E-state index in [2.05, 4.69) is 32.0 Å².